The number of aromatic carboxylic acids is 1. The molecule has 7 nitrogen and oxygen atoms in total. The van der Waals surface area contributed by atoms with Crippen molar-refractivity contribution in [2.45, 2.75) is 12.0 Å². The van der Waals surface area contributed by atoms with Gasteiger partial charge in [0, 0.05) is 17.3 Å². The zero-order valence-electron chi connectivity index (χ0n) is 16.3. The third-order valence-corrected chi connectivity index (χ3v) is 6.16. The summed E-state index contributed by atoms with van der Waals surface area (Å²) in [5.41, 5.74) is 2.38. The number of nitrogens with zero attached hydrogens (tertiary/aromatic N) is 1. The van der Waals surface area contributed by atoms with E-state index in [0.717, 1.165) is 22.4 Å². The summed E-state index contributed by atoms with van der Waals surface area (Å²) in [4.78, 5) is 27.0. The van der Waals surface area contributed by atoms with E-state index in [0.29, 0.717) is 17.2 Å². The highest BCUT2D eigenvalue weighted by molar-refractivity contribution is 6.11. The standard InChI is InChI=1S/C24H17NO6/c26-22(27)15-5-3-4-14(8-15)11-25-18-7-2-1-6-16(18)24(23(25)28)12-29-19-10-21-20(9-17(19)24)30-13-31-21/h1-10H,11-13H2,(H,26,27). The van der Waals surface area contributed by atoms with Gasteiger partial charge in [-0.05, 0) is 35.4 Å². The van der Waals surface area contributed by atoms with Crippen molar-refractivity contribution in [1.29, 1.82) is 0 Å². The lowest BCUT2D eigenvalue weighted by molar-refractivity contribution is -0.122. The number of para-hydroxylation sites is 1. The van der Waals surface area contributed by atoms with Gasteiger partial charge < -0.3 is 24.2 Å². The Hall–Kier alpha value is -4.00. The van der Waals surface area contributed by atoms with E-state index in [1.54, 1.807) is 23.1 Å². The molecule has 3 aliphatic rings. The van der Waals surface area contributed by atoms with Gasteiger partial charge in [0.1, 0.15) is 17.8 Å². The molecule has 3 aromatic rings. The molecule has 0 aromatic heterocycles. The number of amides is 1. The van der Waals surface area contributed by atoms with Crippen LogP contribution in [0.3, 0.4) is 0 Å². The van der Waals surface area contributed by atoms with Gasteiger partial charge in [-0.15, -0.1) is 0 Å². The highest BCUT2D eigenvalue weighted by atomic mass is 16.7. The molecule has 0 saturated heterocycles. The molecule has 31 heavy (non-hydrogen) atoms. The predicted molar refractivity (Wildman–Crippen MR) is 110 cm³/mol. The molecule has 1 atom stereocenters. The van der Waals surface area contributed by atoms with Crippen LogP contribution in [-0.4, -0.2) is 30.4 Å². The minimum absolute atomic E-state index is 0.105. The number of carbonyl (C=O) groups excluding carboxylic acids is 1. The smallest absolute Gasteiger partial charge is 0.335 e. The van der Waals surface area contributed by atoms with Crippen molar-refractivity contribution in [2.24, 2.45) is 0 Å². The summed E-state index contributed by atoms with van der Waals surface area (Å²) in [5, 5.41) is 9.31. The van der Waals surface area contributed by atoms with E-state index in [4.69, 9.17) is 14.2 Å². The van der Waals surface area contributed by atoms with Crippen molar-refractivity contribution < 1.29 is 28.9 Å². The van der Waals surface area contributed by atoms with Gasteiger partial charge in [0.25, 0.3) is 0 Å². The number of rotatable bonds is 3. The molecular weight excluding hydrogens is 398 g/mol. The molecule has 1 spiro atoms. The summed E-state index contributed by atoms with van der Waals surface area (Å²) >= 11 is 0. The Morgan fingerprint density at radius 3 is 2.58 bits per heavy atom. The van der Waals surface area contributed by atoms with Crippen molar-refractivity contribution in [1.82, 2.24) is 0 Å². The maximum absolute atomic E-state index is 13.9. The Balaban J connectivity index is 1.47. The minimum atomic E-state index is -0.999. The lowest BCUT2D eigenvalue weighted by Gasteiger charge is -2.23. The Morgan fingerprint density at radius 2 is 1.74 bits per heavy atom. The Morgan fingerprint density at radius 1 is 0.935 bits per heavy atom. The van der Waals surface area contributed by atoms with Gasteiger partial charge in [-0.2, -0.15) is 0 Å². The Kier molecular flexibility index (Phi) is 3.59. The molecule has 1 amide bonds. The molecule has 3 heterocycles. The van der Waals surface area contributed by atoms with Crippen LogP contribution < -0.4 is 19.1 Å². The van der Waals surface area contributed by atoms with Crippen LogP contribution in [-0.2, 0) is 16.8 Å². The number of ether oxygens (including phenoxy) is 3. The first-order valence-corrected chi connectivity index (χ1v) is 9.88. The predicted octanol–water partition coefficient (Wildman–Crippen LogP) is 3.34. The van der Waals surface area contributed by atoms with Gasteiger partial charge in [-0.1, -0.05) is 30.3 Å². The molecule has 1 unspecified atom stereocenters. The number of hydrogen-bond acceptors (Lipinski definition) is 5. The first-order chi connectivity index (χ1) is 15.1. The number of carbonyl (C=O) groups is 2. The number of carboxylic acids is 1. The normalized spacial score (nSPS) is 20.0. The molecule has 1 N–H and O–H groups in total. The second-order valence-corrected chi connectivity index (χ2v) is 7.81. The molecule has 3 aromatic carbocycles. The van der Waals surface area contributed by atoms with E-state index in [9.17, 15) is 14.7 Å². The SMILES string of the molecule is O=C(O)c1cccc(CN2C(=O)C3(COc4cc5c(cc43)OCO5)c3ccccc32)c1. The van der Waals surface area contributed by atoms with Crippen LogP contribution in [0.25, 0.3) is 0 Å². The summed E-state index contributed by atoms with van der Waals surface area (Å²) in [7, 11) is 0. The number of hydrogen-bond donors (Lipinski definition) is 1. The maximum Gasteiger partial charge on any atom is 0.335 e. The van der Waals surface area contributed by atoms with Crippen LogP contribution in [0.15, 0.2) is 60.7 Å². The van der Waals surface area contributed by atoms with E-state index >= 15 is 0 Å². The van der Waals surface area contributed by atoms with E-state index in [2.05, 4.69) is 0 Å². The average Bonchev–Trinajstić information content (AvgIpc) is 3.45. The van der Waals surface area contributed by atoms with Gasteiger partial charge in [-0.3, -0.25) is 4.79 Å². The number of benzene rings is 3. The molecule has 6 rings (SSSR count). The van der Waals surface area contributed by atoms with Gasteiger partial charge in [-0.25, -0.2) is 4.79 Å². The van der Waals surface area contributed by atoms with Crippen LogP contribution in [0, 0.1) is 0 Å². The average molecular weight is 415 g/mol. The van der Waals surface area contributed by atoms with Crippen molar-refractivity contribution >= 4 is 17.6 Å². The third-order valence-electron chi connectivity index (χ3n) is 6.16. The first-order valence-electron chi connectivity index (χ1n) is 9.88. The fraction of sp³-hybridized carbons (Fsp3) is 0.167. The molecule has 0 saturated carbocycles. The summed E-state index contributed by atoms with van der Waals surface area (Å²) in [6, 6.07) is 17.9. The van der Waals surface area contributed by atoms with Gasteiger partial charge in [0.2, 0.25) is 12.7 Å². The van der Waals surface area contributed by atoms with Crippen molar-refractivity contribution in [3.8, 4) is 17.2 Å². The van der Waals surface area contributed by atoms with Gasteiger partial charge in [0.15, 0.2) is 11.5 Å². The van der Waals surface area contributed by atoms with Crippen LogP contribution in [0.5, 0.6) is 17.2 Å². The second kappa shape index (κ2) is 6.25. The van der Waals surface area contributed by atoms with Crippen LogP contribution in [0.1, 0.15) is 27.0 Å². The van der Waals surface area contributed by atoms with E-state index in [-0.39, 0.29) is 31.4 Å². The fourth-order valence-corrected chi connectivity index (χ4v) is 4.71. The first kappa shape index (κ1) is 17.8. The van der Waals surface area contributed by atoms with Crippen LogP contribution in [0.4, 0.5) is 5.69 Å². The van der Waals surface area contributed by atoms with E-state index in [1.165, 1.54) is 6.07 Å². The molecule has 7 heteroatoms. The Bertz CT molecular complexity index is 1270. The van der Waals surface area contributed by atoms with Crippen molar-refractivity contribution in [3.05, 3.63) is 82.9 Å². The molecule has 0 aliphatic carbocycles. The molecule has 3 aliphatic heterocycles. The Labute approximate surface area is 177 Å². The largest absolute Gasteiger partial charge is 0.491 e. The highest BCUT2D eigenvalue weighted by Crippen LogP contribution is 2.55. The lowest BCUT2D eigenvalue weighted by Crippen LogP contribution is -2.42. The van der Waals surface area contributed by atoms with Gasteiger partial charge in [0.05, 0.1) is 12.1 Å². The quantitative estimate of drug-likeness (QED) is 0.706. The zero-order chi connectivity index (χ0) is 21.2. The van der Waals surface area contributed by atoms with Crippen molar-refractivity contribution in [2.75, 3.05) is 18.3 Å². The maximum atomic E-state index is 13.9. The zero-order valence-corrected chi connectivity index (χ0v) is 16.3. The topological polar surface area (TPSA) is 85.3 Å². The van der Waals surface area contributed by atoms with Crippen LogP contribution in [0.2, 0.25) is 0 Å². The number of fused-ring (bicyclic) bond motifs is 5. The number of anilines is 1. The summed E-state index contributed by atoms with van der Waals surface area (Å²) < 4.78 is 17.0. The lowest BCUT2D eigenvalue weighted by atomic mass is 9.77. The van der Waals surface area contributed by atoms with E-state index < -0.39 is 11.4 Å². The molecule has 0 fully saturated rings. The van der Waals surface area contributed by atoms with Crippen LogP contribution >= 0.6 is 0 Å². The molecule has 0 bridgehead atoms. The molecule has 0 radical (unpaired) electrons. The van der Waals surface area contributed by atoms with Gasteiger partial charge >= 0.3 is 5.97 Å². The van der Waals surface area contributed by atoms with Crippen molar-refractivity contribution in [3.63, 3.8) is 0 Å². The molecule has 154 valence electrons. The summed E-state index contributed by atoms with van der Waals surface area (Å²) in [5.74, 6) is 0.716. The summed E-state index contributed by atoms with van der Waals surface area (Å²) in [6.07, 6.45) is 0. The second-order valence-electron chi connectivity index (χ2n) is 7.81. The number of carboxylic acid groups (broad SMARTS) is 1. The highest BCUT2D eigenvalue weighted by Gasteiger charge is 2.57. The third kappa shape index (κ3) is 2.40. The minimum Gasteiger partial charge on any atom is -0.491 e. The monoisotopic (exact) mass is 415 g/mol. The fourth-order valence-electron chi connectivity index (χ4n) is 4.71. The molecular formula is C24H17NO6. The summed E-state index contributed by atoms with van der Waals surface area (Å²) in [6.45, 7) is 0.590. The van der Waals surface area contributed by atoms with E-state index in [1.807, 2.05) is 36.4 Å².